The molecule has 4 nitrogen and oxygen atoms in total. The Morgan fingerprint density at radius 1 is 1.31 bits per heavy atom. The number of benzene rings is 2. The number of carboxylic acid groups (broad SMARTS) is 1. The van der Waals surface area contributed by atoms with E-state index < -0.39 is 5.97 Å². The molecular formula is C12H10O4. The maximum atomic E-state index is 10.8. The van der Waals surface area contributed by atoms with Gasteiger partial charge in [-0.15, -0.1) is 0 Å². The van der Waals surface area contributed by atoms with Gasteiger partial charge in [-0.1, -0.05) is 12.1 Å². The summed E-state index contributed by atoms with van der Waals surface area (Å²) in [7, 11) is 1.50. The van der Waals surface area contributed by atoms with Gasteiger partial charge in [0.05, 0.1) is 18.1 Å². The molecule has 0 saturated carbocycles. The van der Waals surface area contributed by atoms with Crippen LogP contribution in [0.5, 0.6) is 11.5 Å². The molecule has 0 unspecified atom stereocenters. The van der Waals surface area contributed by atoms with Crippen molar-refractivity contribution in [3.63, 3.8) is 0 Å². The summed E-state index contributed by atoms with van der Waals surface area (Å²) in [5.74, 6) is -0.640. The van der Waals surface area contributed by atoms with Crippen LogP contribution in [0.4, 0.5) is 0 Å². The third kappa shape index (κ3) is 1.54. The first-order chi connectivity index (χ1) is 7.63. The second-order valence-corrected chi connectivity index (χ2v) is 3.36. The van der Waals surface area contributed by atoms with Gasteiger partial charge in [0, 0.05) is 0 Å². The van der Waals surface area contributed by atoms with E-state index in [1.54, 1.807) is 18.2 Å². The Kier molecular flexibility index (Phi) is 2.40. The van der Waals surface area contributed by atoms with Gasteiger partial charge in [-0.05, 0) is 23.6 Å². The zero-order chi connectivity index (χ0) is 11.7. The molecule has 4 heteroatoms. The second-order valence-electron chi connectivity index (χ2n) is 3.36. The molecule has 0 aliphatic rings. The van der Waals surface area contributed by atoms with Gasteiger partial charge in [-0.25, -0.2) is 4.79 Å². The third-order valence-electron chi connectivity index (χ3n) is 2.38. The summed E-state index contributed by atoms with van der Waals surface area (Å²) < 4.78 is 5.10. The molecule has 0 fully saturated rings. The zero-order valence-corrected chi connectivity index (χ0v) is 8.60. The summed E-state index contributed by atoms with van der Waals surface area (Å²) in [6, 6.07) is 7.89. The fraction of sp³-hybridized carbons (Fsp3) is 0.0833. The van der Waals surface area contributed by atoms with Gasteiger partial charge in [-0.2, -0.15) is 0 Å². The van der Waals surface area contributed by atoms with Crippen molar-refractivity contribution in [3.05, 3.63) is 35.9 Å². The molecule has 82 valence electrons. The number of hydrogen-bond donors (Lipinski definition) is 2. The van der Waals surface area contributed by atoms with Gasteiger partial charge in [0.15, 0.2) is 0 Å². The summed E-state index contributed by atoms with van der Waals surface area (Å²) in [4.78, 5) is 10.8. The molecule has 2 aromatic carbocycles. The van der Waals surface area contributed by atoms with E-state index in [2.05, 4.69) is 0 Å². The first kappa shape index (κ1) is 10.3. The van der Waals surface area contributed by atoms with Crippen LogP contribution in [-0.4, -0.2) is 23.3 Å². The predicted octanol–water partition coefficient (Wildman–Crippen LogP) is 2.25. The Hall–Kier alpha value is -2.23. The average molecular weight is 218 g/mol. The van der Waals surface area contributed by atoms with Crippen LogP contribution in [0.3, 0.4) is 0 Å². The van der Waals surface area contributed by atoms with Crippen molar-refractivity contribution in [2.45, 2.75) is 0 Å². The molecule has 2 aromatic rings. The van der Waals surface area contributed by atoms with E-state index in [0.29, 0.717) is 16.5 Å². The van der Waals surface area contributed by atoms with Crippen molar-refractivity contribution in [1.29, 1.82) is 0 Å². The van der Waals surface area contributed by atoms with Crippen molar-refractivity contribution in [2.75, 3.05) is 7.11 Å². The largest absolute Gasteiger partial charge is 0.507 e. The maximum Gasteiger partial charge on any atom is 0.335 e. The lowest BCUT2D eigenvalue weighted by atomic mass is 10.0. The number of phenols is 1. The highest BCUT2D eigenvalue weighted by atomic mass is 16.5. The fourth-order valence-corrected chi connectivity index (χ4v) is 1.66. The SMILES string of the molecule is COc1cccc2cc(C(=O)O)cc(O)c12. The Morgan fingerprint density at radius 2 is 2.06 bits per heavy atom. The van der Waals surface area contributed by atoms with E-state index in [9.17, 15) is 9.90 Å². The molecule has 2 N–H and O–H groups in total. The number of aromatic hydroxyl groups is 1. The maximum absolute atomic E-state index is 10.8. The molecule has 2 rings (SSSR count). The Labute approximate surface area is 91.7 Å². The molecule has 16 heavy (non-hydrogen) atoms. The predicted molar refractivity (Wildman–Crippen MR) is 59.1 cm³/mol. The van der Waals surface area contributed by atoms with Gasteiger partial charge in [-0.3, -0.25) is 0 Å². The van der Waals surface area contributed by atoms with Gasteiger partial charge in [0.2, 0.25) is 0 Å². The highest BCUT2D eigenvalue weighted by molar-refractivity contribution is 6.00. The third-order valence-corrected chi connectivity index (χ3v) is 2.38. The molecule has 0 aliphatic carbocycles. The van der Waals surface area contributed by atoms with Gasteiger partial charge in [0.1, 0.15) is 11.5 Å². The van der Waals surface area contributed by atoms with Gasteiger partial charge >= 0.3 is 5.97 Å². The van der Waals surface area contributed by atoms with Crippen LogP contribution >= 0.6 is 0 Å². The van der Waals surface area contributed by atoms with Crippen molar-refractivity contribution >= 4 is 16.7 Å². The Balaban J connectivity index is 2.80. The van der Waals surface area contributed by atoms with E-state index >= 15 is 0 Å². The summed E-state index contributed by atoms with van der Waals surface area (Å²) in [5, 5.41) is 19.8. The number of phenolic OH excluding ortho intramolecular Hbond substituents is 1. The Bertz CT molecular complexity index is 560. The number of methoxy groups -OCH3 is 1. The van der Waals surface area contributed by atoms with Crippen molar-refractivity contribution < 1.29 is 19.7 Å². The van der Waals surface area contributed by atoms with Crippen molar-refractivity contribution in [1.82, 2.24) is 0 Å². The molecule has 0 spiro atoms. The standard InChI is InChI=1S/C12H10O4/c1-16-10-4-2-3-7-5-8(12(14)15)6-9(13)11(7)10/h2-6,13H,1H3,(H,14,15). The van der Waals surface area contributed by atoms with Gasteiger partial charge in [0.25, 0.3) is 0 Å². The van der Waals surface area contributed by atoms with Crippen LogP contribution in [0, 0.1) is 0 Å². The van der Waals surface area contributed by atoms with Crippen molar-refractivity contribution in [2.24, 2.45) is 0 Å². The molecule has 0 saturated heterocycles. The lowest BCUT2D eigenvalue weighted by Crippen LogP contribution is -1.96. The molecular weight excluding hydrogens is 208 g/mol. The monoisotopic (exact) mass is 218 g/mol. The summed E-state index contributed by atoms with van der Waals surface area (Å²) in [6.45, 7) is 0. The first-order valence-electron chi connectivity index (χ1n) is 4.66. The Morgan fingerprint density at radius 3 is 2.69 bits per heavy atom. The molecule has 0 radical (unpaired) electrons. The number of ether oxygens (including phenoxy) is 1. The quantitative estimate of drug-likeness (QED) is 0.811. The molecule has 0 heterocycles. The summed E-state index contributed by atoms with van der Waals surface area (Å²) >= 11 is 0. The van der Waals surface area contributed by atoms with E-state index in [-0.39, 0.29) is 11.3 Å². The fourth-order valence-electron chi connectivity index (χ4n) is 1.66. The number of rotatable bonds is 2. The number of aromatic carboxylic acids is 1. The molecule has 0 aromatic heterocycles. The van der Waals surface area contributed by atoms with Crippen LogP contribution in [0.25, 0.3) is 10.8 Å². The van der Waals surface area contributed by atoms with E-state index in [0.717, 1.165) is 0 Å². The highest BCUT2D eigenvalue weighted by Crippen LogP contribution is 2.34. The first-order valence-corrected chi connectivity index (χ1v) is 4.66. The van der Waals surface area contributed by atoms with Crippen LogP contribution < -0.4 is 4.74 Å². The summed E-state index contributed by atoms with van der Waals surface area (Å²) in [5.41, 5.74) is 0.0539. The van der Waals surface area contributed by atoms with Crippen LogP contribution in [0.1, 0.15) is 10.4 Å². The van der Waals surface area contributed by atoms with Gasteiger partial charge < -0.3 is 14.9 Å². The molecule has 0 bridgehead atoms. The minimum absolute atomic E-state index is 0.0539. The normalized spacial score (nSPS) is 10.3. The zero-order valence-electron chi connectivity index (χ0n) is 8.60. The summed E-state index contributed by atoms with van der Waals surface area (Å²) in [6.07, 6.45) is 0. The lowest BCUT2D eigenvalue weighted by molar-refractivity contribution is 0.0696. The topological polar surface area (TPSA) is 66.8 Å². The van der Waals surface area contributed by atoms with E-state index in [4.69, 9.17) is 9.84 Å². The minimum Gasteiger partial charge on any atom is -0.507 e. The highest BCUT2D eigenvalue weighted by Gasteiger charge is 2.11. The minimum atomic E-state index is -1.07. The van der Waals surface area contributed by atoms with Crippen LogP contribution in [0.2, 0.25) is 0 Å². The smallest absolute Gasteiger partial charge is 0.335 e. The van der Waals surface area contributed by atoms with E-state index in [1.807, 2.05) is 0 Å². The number of hydrogen-bond acceptors (Lipinski definition) is 3. The van der Waals surface area contributed by atoms with Crippen LogP contribution in [0.15, 0.2) is 30.3 Å². The molecule has 0 atom stereocenters. The number of fused-ring (bicyclic) bond motifs is 1. The van der Waals surface area contributed by atoms with E-state index in [1.165, 1.54) is 19.2 Å². The second kappa shape index (κ2) is 3.73. The lowest BCUT2D eigenvalue weighted by Gasteiger charge is -2.07. The number of carboxylic acids is 1. The average Bonchev–Trinajstić information content (AvgIpc) is 2.27. The molecule has 0 amide bonds. The van der Waals surface area contributed by atoms with Crippen LogP contribution in [-0.2, 0) is 0 Å². The number of carbonyl (C=O) groups is 1. The molecule has 0 aliphatic heterocycles. The van der Waals surface area contributed by atoms with Crippen molar-refractivity contribution in [3.8, 4) is 11.5 Å².